The van der Waals surface area contributed by atoms with Crippen LogP contribution in [0.1, 0.15) is 24.1 Å². The molecule has 1 aromatic heterocycles. The van der Waals surface area contributed by atoms with Gasteiger partial charge in [-0.05, 0) is 47.3 Å². The molecule has 0 saturated heterocycles. The minimum atomic E-state index is 0.983. The minimum Gasteiger partial charge on any atom is -0.260 e. The zero-order valence-electron chi connectivity index (χ0n) is 7.31. The minimum absolute atomic E-state index is 0.983. The summed E-state index contributed by atoms with van der Waals surface area (Å²) in [5.41, 5.74) is 2.46. The highest BCUT2D eigenvalue weighted by Crippen LogP contribution is 2.14. The maximum Gasteiger partial charge on any atom is 0.0433 e. The Hall–Kier alpha value is -0.370. The lowest BCUT2D eigenvalue weighted by Crippen LogP contribution is -1.93. The molecule has 0 saturated carbocycles. The lowest BCUT2D eigenvalue weighted by molar-refractivity contribution is 0.808. The van der Waals surface area contributed by atoms with Gasteiger partial charge in [-0.2, -0.15) is 0 Å². The zero-order chi connectivity index (χ0) is 8.97. The Balaban J connectivity index is 2.72. The molecule has 0 amide bonds. The first kappa shape index (κ1) is 9.72. The molecule has 1 nitrogen and oxygen atoms in total. The van der Waals surface area contributed by atoms with Crippen LogP contribution >= 0.6 is 15.9 Å². The van der Waals surface area contributed by atoms with Crippen LogP contribution < -0.4 is 0 Å². The fourth-order valence-corrected chi connectivity index (χ4v) is 1.57. The molecule has 0 spiro atoms. The number of aryl methyl sites for hydroxylation is 2. The first-order valence-corrected chi connectivity index (χ1v) is 4.93. The summed E-state index contributed by atoms with van der Waals surface area (Å²) in [6, 6.07) is 2.10. The van der Waals surface area contributed by atoms with Crippen molar-refractivity contribution < 1.29 is 0 Å². The molecule has 12 heavy (non-hydrogen) atoms. The SMILES string of the molecule is [CH2]CCCc1ncc(Br)cc1C. The van der Waals surface area contributed by atoms with Gasteiger partial charge in [-0.15, -0.1) is 0 Å². The van der Waals surface area contributed by atoms with Crippen molar-refractivity contribution in [3.05, 3.63) is 34.9 Å². The molecule has 0 aromatic carbocycles. The van der Waals surface area contributed by atoms with Gasteiger partial charge < -0.3 is 0 Å². The van der Waals surface area contributed by atoms with Crippen molar-refractivity contribution in [2.45, 2.75) is 26.2 Å². The van der Waals surface area contributed by atoms with Crippen LogP contribution in [0.25, 0.3) is 0 Å². The fraction of sp³-hybridized carbons (Fsp3) is 0.400. The second kappa shape index (κ2) is 4.61. The van der Waals surface area contributed by atoms with Gasteiger partial charge in [0.1, 0.15) is 0 Å². The Morgan fingerprint density at radius 3 is 2.92 bits per heavy atom. The molecule has 1 heterocycles. The monoisotopic (exact) mass is 226 g/mol. The molecule has 1 aromatic rings. The van der Waals surface area contributed by atoms with E-state index in [0.717, 1.165) is 23.7 Å². The third-order valence-electron chi connectivity index (χ3n) is 1.82. The van der Waals surface area contributed by atoms with Crippen molar-refractivity contribution in [3.8, 4) is 0 Å². The molecule has 0 fully saturated rings. The Morgan fingerprint density at radius 2 is 2.33 bits per heavy atom. The largest absolute Gasteiger partial charge is 0.260 e. The van der Waals surface area contributed by atoms with Crippen molar-refractivity contribution in [1.82, 2.24) is 4.98 Å². The van der Waals surface area contributed by atoms with Crippen LogP contribution in [0.2, 0.25) is 0 Å². The molecule has 0 atom stereocenters. The highest BCUT2D eigenvalue weighted by atomic mass is 79.9. The quantitative estimate of drug-likeness (QED) is 0.771. The van der Waals surface area contributed by atoms with E-state index in [2.05, 4.69) is 40.8 Å². The fourth-order valence-electron chi connectivity index (χ4n) is 1.12. The number of aromatic nitrogens is 1. The average Bonchev–Trinajstić information content (AvgIpc) is 2.03. The molecule has 0 N–H and O–H groups in total. The Morgan fingerprint density at radius 1 is 1.58 bits per heavy atom. The van der Waals surface area contributed by atoms with Crippen molar-refractivity contribution in [2.75, 3.05) is 0 Å². The van der Waals surface area contributed by atoms with Crippen LogP contribution in [-0.4, -0.2) is 4.98 Å². The summed E-state index contributed by atoms with van der Waals surface area (Å²) < 4.78 is 1.05. The second-order valence-electron chi connectivity index (χ2n) is 2.87. The van der Waals surface area contributed by atoms with E-state index in [0.29, 0.717) is 0 Å². The summed E-state index contributed by atoms with van der Waals surface area (Å²) >= 11 is 3.39. The van der Waals surface area contributed by atoms with Gasteiger partial charge in [0.15, 0.2) is 0 Å². The smallest absolute Gasteiger partial charge is 0.0433 e. The lowest BCUT2D eigenvalue weighted by atomic mass is 10.1. The lowest BCUT2D eigenvalue weighted by Gasteiger charge is -2.03. The molecule has 1 rings (SSSR count). The van der Waals surface area contributed by atoms with Crippen molar-refractivity contribution in [1.29, 1.82) is 0 Å². The Labute approximate surface area is 82.3 Å². The van der Waals surface area contributed by atoms with Crippen LogP contribution in [0.4, 0.5) is 0 Å². The zero-order valence-corrected chi connectivity index (χ0v) is 8.89. The number of unbranched alkanes of at least 4 members (excludes halogenated alkanes) is 1. The van der Waals surface area contributed by atoms with Crippen LogP contribution in [-0.2, 0) is 6.42 Å². The third-order valence-corrected chi connectivity index (χ3v) is 2.25. The molecule has 0 aliphatic heterocycles. The normalized spacial score (nSPS) is 10.2. The van der Waals surface area contributed by atoms with Gasteiger partial charge in [0.25, 0.3) is 0 Å². The highest BCUT2D eigenvalue weighted by Gasteiger charge is 1.99. The molecule has 0 aliphatic carbocycles. The van der Waals surface area contributed by atoms with Gasteiger partial charge in [0.2, 0.25) is 0 Å². The van der Waals surface area contributed by atoms with E-state index in [1.807, 2.05) is 6.20 Å². The average molecular weight is 227 g/mol. The number of nitrogens with zero attached hydrogens (tertiary/aromatic N) is 1. The van der Waals surface area contributed by atoms with Crippen LogP contribution in [0.15, 0.2) is 16.7 Å². The molecule has 2 heteroatoms. The van der Waals surface area contributed by atoms with E-state index in [-0.39, 0.29) is 0 Å². The van der Waals surface area contributed by atoms with Crippen LogP contribution in [0.3, 0.4) is 0 Å². The van der Waals surface area contributed by atoms with Gasteiger partial charge in [0.05, 0.1) is 0 Å². The summed E-state index contributed by atoms with van der Waals surface area (Å²) in [5.74, 6) is 0. The summed E-state index contributed by atoms with van der Waals surface area (Å²) in [6.07, 6.45) is 5.00. The maximum absolute atomic E-state index is 4.34. The summed E-state index contributed by atoms with van der Waals surface area (Å²) in [7, 11) is 0. The number of halogens is 1. The van der Waals surface area contributed by atoms with E-state index in [1.54, 1.807) is 0 Å². The van der Waals surface area contributed by atoms with Gasteiger partial charge in [-0.25, -0.2) is 0 Å². The van der Waals surface area contributed by atoms with Gasteiger partial charge in [-0.1, -0.05) is 13.3 Å². The van der Waals surface area contributed by atoms with Gasteiger partial charge in [-0.3, -0.25) is 4.98 Å². The van der Waals surface area contributed by atoms with E-state index >= 15 is 0 Å². The van der Waals surface area contributed by atoms with E-state index in [9.17, 15) is 0 Å². The maximum atomic E-state index is 4.34. The Kier molecular flexibility index (Phi) is 3.73. The molecule has 65 valence electrons. The molecule has 1 radical (unpaired) electrons. The highest BCUT2D eigenvalue weighted by molar-refractivity contribution is 9.10. The molecule has 0 aliphatic rings. The second-order valence-corrected chi connectivity index (χ2v) is 3.79. The van der Waals surface area contributed by atoms with Gasteiger partial charge >= 0.3 is 0 Å². The molecule has 0 bridgehead atoms. The standard InChI is InChI=1S/C10H13BrN/c1-3-4-5-10-8(2)6-9(11)7-12-10/h6-7H,1,3-5H2,2H3. The molecular weight excluding hydrogens is 214 g/mol. The van der Waals surface area contributed by atoms with Gasteiger partial charge in [0, 0.05) is 16.4 Å². The van der Waals surface area contributed by atoms with E-state index in [1.165, 1.54) is 11.3 Å². The Bertz CT molecular complexity index is 258. The molecular formula is C10H13BrN. The number of pyridine rings is 1. The number of rotatable bonds is 3. The third kappa shape index (κ3) is 2.59. The first-order chi connectivity index (χ1) is 5.74. The topological polar surface area (TPSA) is 12.9 Å². The van der Waals surface area contributed by atoms with E-state index in [4.69, 9.17) is 0 Å². The summed E-state index contributed by atoms with van der Waals surface area (Å²) in [5, 5.41) is 0. The summed E-state index contributed by atoms with van der Waals surface area (Å²) in [6.45, 7) is 5.90. The van der Waals surface area contributed by atoms with Crippen molar-refractivity contribution in [2.24, 2.45) is 0 Å². The summed E-state index contributed by atoms with van der Waals surface area (Å²) in [4.78, 5) is 4.34. The predicted octanol–water partition coefficient (Wildman–Crippen LogP) is 3.31. The molecule has 0 unspecified atom stereocenters. The first-order valence-electron chi connectivity index (χ1n) is 4.14. The van der Waals surface area contributed by atoms with Crippen LogP contribution in [0, 0.1) is 13.8 Å². The number of hydrogen-bond donors (Lipinski definition) is 0. The predicted molar refractivity (Wildman–Crippen MR) is 55.0 cm³/mol. The van der Waals surface area contributed by atoms with Crippen molar-refractivity contribution >= 4 is 15.9 Å². The van der Waals surface area contributed by atoms with E-state index < -0.39 is 0 Å². The number of hydrogen-bond acceptors (Lipinski definition) is 1. The van der Waals surface area contributed by atoms with Crippen molar-refractivity contribution in [3.63, 3.8) is 0 Å². The van der Waals surface area contributed by atoms with Crippen LogP contribution in [0.5, 0.6) is 0 Å².